The molecule has 0 atom stereocenters. The van der Waals surface area contributed by atoms with Gasteiger partial charge in [0, 0.05) is 32.3 Å². The first-order valence-electron chi connectivity index (χ1n) is 12.7. The maximum atomic E-state index is 12.5. The number of carbonyl (C=O) groups excluding carboxylic acids is 4. The van der Waals surface area contributed by atoms with Gasteiger partial charge in [0.15, 0.2) is 0 Å². The average molecular weight is 597 g/mol. The predicted octanol–water partition coefficient (Wildman–Crippen LogP) is 7.02. The van der Waals surface area contributed by atoms with E-state index in [9.17, 15) is 19.2 Å². The highest BCUT2D eigenvalue weighted by Gasteiger charge is 2.36. The number of Topliss-reactive ketones (excluding diaryl/α,β-unsaturated/α-hetero) is 2. The summed E-state index contributed by atoms with van der Waals surface area (Å²) in [6.07, 6.45) is 0. The first-order chi connectivity index (χ1) is 20.3. The number of carbonyl (C=O) groups is 4. The molecule has 42 heavy (non-hydrogen) atoms. The minimum absolute atomic E-state index is 0.0565. The molecule has 0 bridgehead atoms. The topological polar surface area (TPSA) is 86.7 Å². The summed E-state index contributed by atoms with van der Waals surface area (Å²) in [5.41, 5.74) is 5.14. The lowest BCUT2D eigenvalue weighted by atomic mass is 9.97. The molecule has 6 nitrogen and oxygen atoms in total. The van der Waals surface area contributed by atoms with Crippen molar-refractivity contribution in [2.45, 2.75) is 0 Å². The van der Waals surface area contributed by atoms with E-state index in [1.807, 2.05) is 60.7 Å². The number of benzene rings is 4. The van der Waals surface area contributed by atoms with Crippen molar-refractivity contribution in [2.24, 2.45) is 0 Å². The Morgan fingerprint density at radius 1 is 0.524 bits per heavy atom. The molecule has 0 aliphatic heterocycles. The summed E-state index contributed by atoms with van der Waals surface area (Å²) in [7, 11) is 2.53. The van der Waals surface area contributed by atoms with Crippen LogP contribution in [0.15, 0.2) is 108 Å². The van der Waals surface area contributed by atoms with Crippen molar-refractivity contribution in [3.63, 3.8) is 0 Å². The van der Waals surface area contributed by atoms with E-state index in [0.29, 0.717) is 43.4 Å². The smallest absolute Gasteiger partial charge is 0.342 e. The highest BCUT2D eigenvalue weighted by molar-refractivity contribution is 6.37. The molecule has 4 aromatic carbocycles. The summed E-state index contributed by atoms with van der Waals surface area (Å²) in [6.45, 7) is 0. The van der Waals surface area contributed by atoms with Crippen LogP contribution in [0.1, 0.15) is 43.0 Å². The van der Waals surface area contributed by atoms with Crippen LogP contribution in [0, 0.1) is 0 Å². The normalized spacial score (nSPS) is 13.3. The number of rotatable bonds is 4. The number of esters is 2. The molecule has 208 valence electrons. The Kier molecular flexibility index (Phi) is 8.20. The number of fused-ring (bicyclic) bond motifs is 2. The van der Waals surface area contributed by atoms with Gasteiger partial charge in [0.1, 0.15) is 11.1 Å². The molecule has 0 radical (unpaired) electrons. The van der Waals surface area contributed by atoms with Gasteiger partial charge in [0.25, 0.3) is 0 Å². The molecule has 0 amide bonds. The number of ether oxygens (including phenoxy) is 2. The van der Waals surface area contributed by atoms with Crippen molar-refractivity contribution in [1.29, 1.82) is 0 Å². The maximum Gasteiger partial charge on any atom is 0.342 e. The van der Waals surface area contributed by atoms with Crippen LogP contribution in [-0.2, 0) is 19.1 Å². The fourth-order valence-electron chi connectivity index (χ4n) is 5.01. The quantitative estimate of drug-likeness (QED) is 0.186. The number of hydrogen-bond donors (Lipinski definition) is 0. The molecule has 0 N–H and O–H groups in total. The zero-order valence-electron chi connectivity index (χ0n) is 22.4. The van der Waals surface area contributed by atoms with Gasteiger partial charge in [-0.2, -0.15) is 0 Å². The van der Waals surface area contributed by atoms with E-state index in [2.05, 4.69) is 0 Å². The van der Waals surface area contributed by atoms with Crippen LogP contribution >= 0.6 is 23.2 Å². The van der Waals surface area contributed by atoms with Crippen LogP contribution in [0.3, 0.4) is 0 Å². The Labute approximate surface area is 251 Å². The van der Waals surface area contributed by atoms with Gasteiger partial charge in [-0.3, -0.25) is 9.59 Å². The monoisotopic (exact) mass is 596 g/mol. The Bertz CT molecular complexity index is 1820. The lowest BCUT2D eigenvalue weighted by molar-refractivity contribution is -0.136. The fourth-order valence-corrected chi connectivity index (χ4v) is 5.36. The average Bonchev–Trinajstić information content (AvgIpc) is 3.47. The van der Waals surface area contributed by atoms with Crippen molar-refractivity contribution in [2.75, 3.05) is 14.2 Å². The molecule has 0 heterocycles. The minimum Gasteiger partial charge on any atom is -0.465 e. The Balaban J connectivity index is 0.000000168. The first-order valence-corrected chi connectivity index (χ1v) is 13.5. The van der Waals surface area contributed by atoms with Gasteiger partial charge in [-0.1, -0.05) is 89.9 Å². The molecule has 0 fully saturated rings. The fraction of sp³-hybridized carbons (Fsp3) is 0.0588. The molecular weight excluding hydrogens is 575 g/mol. The summed E-state index contributed by atoms with van der Waals surface area (Å²) >= 11 is 12.0. The summed E-state index contributed by atoms with van der Waals surface area (Å²) < 4.78 is 9.53. The molecule has 0 aromatic heterocycles. The second-order valence-corrected chi connectivity index (χ2v) is 10.1. The highest BCUT2D eigenvalue weighted by atomic mass is 35.5. The van der Waals surface area contributed by atoms with Gasteiger partial charge in [-0.25, -0.2) is 9.59 Å². The molecule has 2 aliphatic rings. The third kappa shape index (κ3) is 5.18. The van der Waals surface area contributed by atoms with Gasteiger partial charge in [0.2, 0.25) is 11.6 Å². The number of halogens is 2. The van der Waals surface area contributed by atoms with Gasteiger partial charge in [-0.15, -0.1) is 0 Å². The molecule has 0 saturated carbocycles. The van der Waals surface area contributed by atoms with Gasteiger partial charge in [-0.05, 0) is 52.6 Å². The summed E-state index contributed by atoms with van der Waals surface area (Å²) in [5.74, 6) is -1.94. The number of hydrogen-bond acceptors (Lipinski definition) is 6. The molecule has 4 aromatic rings. The van der Waals surface area contributed by atoms with E-state index in [0.717, 1.165) is 11.1 Å². The van der Waals surface area contributed by atoms with E-state index in [1.165, 1.54) is 14.2 Å². The van der Waals surface area contributed by atoms with Crippen LogP contribution in [0.4, 0.5) is 0 Å². The summed E-state index contributed by atoms with van der Waals surface area (Å²) in [5, 5.41) is 0.974. The Hall–Kier alpha value is -4.78. The SMILES string of the molecule is COC(=O)C1=C(c2ccccc2)c2cc(Cl)ccc2C1=O.COC(=O)C1=C(c2ccccc2)c2ccc(Cl)cc2C1=O. The molecule has 2 aliphatic carbocycles. The second kappa shape index (κ2) is 12.0. The molecular formula is C34H22Cl2O6. The van der Waals surface area contributed by atoms with Crippen molar-refractivity contribution < 1.29 is 28.7 Å². The van der Waals surface area contributed by atoms with Gasteiger partial charge in [0.05, 0.1) is 14.2 Å². The zero-order chi connectivity index (χ0) is 30.0. The third-order valence-electron chi connectivity index (χ3n) is 6.85. The van der Waals surface area contributed by atoms with Crippen LogP contribution in [0.2, 0.25) is 10.0 Å². The minimum atomic E-state index is -0.633. The van der Waals surface area contributed by atoms with Crippen LogP contribution in [-0.4, -0.2) is 37.7 Å². The van der Waals surface area contributed by atoms with Crippen molar-refractivity contribution >= 4 is 57.9 Å². The van der Waals surface area contributed by atoms with Crippen LogP contribution < -0.4 is 0 Å². The van der Waals surface area contributed by atoms with E-state index >= 15 is 0 Å². The van der Waals surface area contributed by atoms with Gasteiger partial charge < -0.3 is 9.47 Å². The number of ketones is 2. The van der Waals surface area contributed by atoms with E-state index in [1.54, 1.807) is 36.4 Å². The van der Waals surface area contributed by atoms with Crippen molar-refractivity contribution in [3.05, 3.63) is 152 Å². The van der Waals surface area contributed by atoms with Crippen LogP contribution in [0.25, 0.3) is 11.1 Å². The standard InChI is InChI=1S/2C17H11ClO3/c1-21-17(20)15-14(10-5-3-2-4-6-10)13-9-11(18)7-8-12(13)16(15)19;1-21-17(20)15-14(10-5-3-2-4-6-10)12-8-7-11(18)9-13(12)16(15)19/h2*2-9H,1H3. The first kappa shape index (κ1) is 28.7. The Morgan fingerprint density at radius 2 is 0.929 bits per heavy atom. The lowest BCUT2D eigenvalue weighted by Gasteiger charge is -2.07. The summed E-state index contributed by atoms with van der Waals surface area (Å²) in [4.78, 5) is 49.1. The Morgan fingerprint density at radius 3 is 1.40 bits per heavy atom. The van der Waals surface area contributed by atoms with E-state index < -0.39 is 11.9 Å². The highest BCUT2D eigenvalue weighted by Crippen LogP contribution is 2.40. The molecule has 0 unspecified atom stereocenters. The van der Waals surface area contributed by atoms with Crippen molar-refractivity contribution in [1.82, 2.24) is 0 Å². The molecule has 0 spiro atoms. The van der Waals surface area contributed by atoms with E-state index in [-0.39, 0.29) is 22.7 Å². The number of methoxy groups -OCH3 is 2. The molecule has 8 heteroatoms. The molecule has 0 saturated heterocycles. The van der Waals surface area contributed by atoms with Crippen molar-refractivity contribution in [3.8, 4) is 0 Å². The predicted molar refractivity (Wildman–Crippen MR) is 161 cm³/mol. The third-order valence-corrected chi connectivity index (χ3v) is 7.32. The summed E-state index contributed by atoms with van der Waals surface area (Å²) in [6, 6.07) is 28.6. The van der Waals surface area contributed by atoms with Crippen LogP contribution in [0.5, 0.6) is 0 Å². The van der Waals surface area contributed by atoms with E-state index in [4.69, 9.17) is 32.7 Å². The molecule has 6 rings (SSSR count). The zero-order valence-corrected chi connectivity index (χ0v) is 24.0. The lowest BCUT2D eigenvalue weighted by Crippen LogP contribution is -2.12. The second-order valence-electron chi connectivity index (χ2n) is 9.25. The van der Waals surface area contributed by atoms with Gasteiger partial charge >= 0.3 is 11.9 Å². The largest absolute Gasteiger partial charge is 0.465 e. The maximum absolute atomic E-state index is 12.5.